The van der Waals surface area contributed by atoms with Crippen molar-refractivity contribution >= 4 is 17.7 Å². The molecule has 0 aromatic heterocycles. The molecule has 1 fully saturated rings. The van der Waals surface area contributed by atoms with E-state index in [2.05, 4.69) is 49.7 Å². The Morgan fingerprint density at radius 2 is 1.95 bits per heavy atom. The van der Waals surface area contributed by atoms with Gasteiger partial charge in [0.15, 0.2) is 0 Å². The van der Waals surface area contributed by atoms with Gasteiger partial charge < -0.3 is 4.90 Å². The standard InChI is InChI=1S/C15H22N2OS/c1-4-12(5-2)17-14(18)10-16-15(17)11-6-8-13(19-3)9-7-11/h6-9,12,15-16H,4-5,10H2,1-3H3. The lowest BCUT2D eigenvalue weighted by Gasteiger charge is -2.32. The van der Waals surface area contributed by atoms with Crippen LogP contribution in [0.4, 0.5) is 0 Å². The van der Waals surface area contributed by atoms with E-state index in [1.165, 1.54) is 10.5 Å². The van der Waals surface area contributed by atoms with Crippen LogP contribution in [0, 0.1) is 0 Å². The molecule has 3 nitrogen and oxygen atoms in total. The molecule has 1 unspecified atom stereocenters. The summed E-state index contributed by atoms with van der Waals surface area (Å²) < 4.78 is 0. The molecule has 1 saturated heterocycles. The number of rotatable bonds is 5. The van der Waals surface area contributed by atoms with Gasteiger partial charge >= 0.3 is 0 Å². The van der Waals surface area contributed by atoms with Crippen LogP contribution in [0.5, 0.6) is 0 Å². The Kier molecular flexibility index (Phi) is 4.88. The van der Waals surface area contributed by atoms with Gasteiger partial charge in [-0.2, -0.15) is 0 Å². The summed E-state index contributed by atoms with van der Waals surface area (Å²) in [5, 5.41) is 3.33. The summed E-state index contributed by atoms with van der Waals surface area (Å²) in [5.74, 6) is 0.215. The van der Waals surface area contributed by atoms with Crippen molar-refractivity contribution in [1.82, 2.24) is 10.2 Å². The molecule has 0 bridgehead atoms. The Morgan fingerprint density at radius 1 is 1.32 bits per heavy atom. The first-order valence-electron chi connectivity index (χ1n) is 6.89. The quantitative estimate of drug-likeness (QED) is 0.840. The molecule has 4 heteroatoms. The van der Waals surface area contributed by atoms with Crippen LogP contribution in [-0.4, -0.2) is 29.6 Å². The Balaban J connectivity index is 2.23. The number of hydrogen-bond acceptors (Lipinski definition) is 3. The summed E-state index contributed by atoms with van der Waals surface area (Å²) in [6.07, 6.45) is 4.11. The molecule has 1 heterocycles. The van der Waals surface area contributed by atoms with E-state index in [1.54, 1.807) is 11.8 Å². The second kappa shape index (κ2) is 6.44. The largest absolute Gasteiger partial charge is 0.319 e. The second-order valence-corrected chi connectivity index (χ2v) is 5.71. The van der Waals surface area contributed by atoms with Crippen LogP contribution in [-0.2, 0) is 4.79 Å². The van der Waals surface area contributed by atoms with E-state index >= 15 is 0 Å². The van der Waals surface area contributed by atoms with Crippen molar-refractivity contribution in [3.63, 3.8) is 0 Å². The summed E-state index contributed by atoms with van der Waals surface area (Å²) >= 11 is 1.74. The number of amides is 1. The monoisotopic (exact) mass is 278 g/mol. The first-order chi connectivity index (χ1) is 9.21. The third-order valence-electron chi connectivity index (χ3n) is 3.78. The zero-order valence-electron chi connectivity index (χ0n) is 11.8. The highest BCUT2D eigenvalue weighted by Gasteiger charge is 2.35. The summed E-state index contributed by atoms with van der Waals surface area (Å²) in [6.45, 7) is 4.74. The third kappa shape index (κ3) is 2.95. The fourth-order valence-corrected chi connectivity index (χ4v) is 3.09. The van der Waals surface area contributed by atoms with Crippen LogP contribution in [0.25, 0.3) is 0 Å². The molecule has 1 amide bonds. The first kappa shape index (κ1) is 14.4. The van der Waals surface area contributed by atoms with Crippen molar-refractivity contribution < 1.29 is 4.79 Å². The molecule has 2 rings (SSSR count). The van der Waals surface area contributed by atoms with E-state index in [0.29, 0.717) is 12.6 Å². The molecule has 0 spiro atoms. The molecule has 104 valence electrons. The topological polar surface area (TPSA) is 32.3 Å². The van der Waals surface area contributed by atoms with Crippen LogP contribution < -0.4 is 5.32 Å². The van der Waals surface area contributed by atoms with Crippen molar-refractivity contribution in [3.05, 3.63) is 29.8 Å². The molecule has 1 aromatic rings. The Bertz CT molecular complexity index is 428. The lowest BCUT2D eigenvalue weighted by Crippen LogP contribution is -2.39. The minimum Gasteiger partial charge on any atom is -0.319 e. The summed E-state index contributed by atoms with van der Waals surface area (Å²) in [5.41, 5.74) is 1.18. The highest BCUT2D eigenvalue weighted by Crippen LogP contribution is 2.28. The van der Waals surface area contributed by atoms with Gasteiger partial charge in [-0.25, -0.2) is 0 Å². The van der Waals surface area contributed by atoms with Gasteiger partial charge in [-0.05, 0) is 36.8 Å². The molecular formula is C15H22N2OS. The van der Waals surface area contributed by atoms with Gasteiger partial charge in [0.05, 0.1) is 6.54 Å². The summed E-state index contributed by atoms with van der Waals surface area (Å²) in [6, 6.07) is 8.81. The van der Waals surface area contributed by atoms with E-state index in [1.807, 2.05) is 4.90 Å². The third-order valence-corrected chi connectivity index (χ3v) is 4.52. The maximum Gasteiger partial charge on any atom is 0.238 e. The maximum atomic E-state index is 12.1. The molecule has 1 atom stereocenters. The predicted molar refractivity (Wildman–Crippen MR) is 80.2 cm³/mol. The number of benzene rings is 1. The van der Waals surface area contributed by atoms with Gasteiger partial charge in [0.2, 0.25) is 5.91 Å². The summed E-state index contributed by atoms with van der Waals surface area (Å²) in [7, 11) is 0. The fourth-order valence-electron chi connectivity index (χ4n) is 2.68. The average molecular weight is 278 g/mol. The van der Waals surface area contributed by atoms with Gasteiger partial charge in [0.1, 0.15) is 6.17 Å². The molecule has 0 radical (unpaired) electrons. The number of carbonyl (C=O) groups excluding carboxylic acids is 1. The van der Waals surface area contributed by atoms with Gasteiger partial charge in [-0.1, -0.05) is 26.0 Å². The van der Waals surface area contributed by atoms with Crippen molar-refractivity contribution in [1.29, 1.82) is 0 Å². The van der Waals surface area contributed by atoms with Gasteiger partial charge in [-0.15, -0.1) is 11.8 Å². The Hall–Kier alpha value is -1.00. The second-order valence-electron chi connectivity index (χ2n) is 4.83. The van der Waals surface area contributed by atoms with Gasteiger partial charge in [-0.3, -0.25) is 10.1 Å². The van der Waals surface area contributed by atoms with E-state index in [0.717, 1.165) is 12.8 Å². The predicted octanol–water partition coefficient (Wildman–Crippen LogP) is 3.03. The van der Waals surface area contributed by atoms with E-state index < -0.39 is 0 Å². The highest BCUT2D eigenvalue weighted by atomic mass is 32.2. The van der Waals surface area contributed by atoms with Crippen LogP contribution in [0.1, 0.15) is 38.4 Å². The van der Waals surface area contributed by atoms with Crippen molar-refractivity contribution in [3.8, 4) is 0 Å². The van der Waals surface area contributed by atoms with Gasteiger partial charge in [0.25, 0.3) is 0 Å². The van der Waals surface area contributed by atoms with Crippen molar-refractivity contribution in [2.24, 2.45) is 0 Å². The minimum atomic E-state index is 0.0355. The molecule has 1 aromatic carbocycles. The lowest BCUT2D eigenvalue weighted by atomic mass is 10.1. The maximum absolute atomic E-state index is 12.1. The Morgan fingerprint density at radius 3 is 2.47 bits per heavy atom. The minimum absolute atomic E-state index is 0.0355. The SMILES string of the molecule is CCC(CC)N1C(=O)CNC1c1ccc(SC)cc1. The zero-order valence-corrected chi connectivity index (χ0v) is 12.7. The average Bonchev–Trinajstić information content (AvgIpc) is 2.83. The number of hydrogen-bond donors (Lipinski definition) is 1. The molecule has 1 aliphatic heterocycles. The molecular weight excluding hydrogens is 256 g/mol. The van der Waals surface area contributed by atoms with E-state index in [4.69, 9.17) is 0 Å². The summed E-state index contributed by atoms with van der Waals surface area (Å²) in [4.78, 5) is 15.4. The molecule has 19 heavy (non-hydrogen) atoms. The molecule has 0 aliphatic carbocycles. The van der Waals surface area contributed by atoms with Gasteiger partial charge in [0, 0.05) is 10.9 Å². The Labute approximate surface area is 119 Å². The number of carbonyl (C=O) groups is 1. The van der Waals surface area contributed by atoms with Crippen molar-refractivity contribution in [2.75, 3.05) is 12.8 Å². The number of nitrogens with one attached hydrogen (secondary N) is 1. The van der Waals surface area contributed by atoms with E-state index in [9.17, 15) is 4.79 Å². The molecule has 1 aliphatic rings. The number of thioether (sulfide) groups is 1. The van der Waals surface area contributed by atoms with Crippen LogP contribution in [0.15, 0.2) is 29.2 Å². The fraction of sp³-hybridized carbons (Fsp3) is 0.533. The first-order valence-corrected chi connectivity index (χ1v) is 8.12. The van der Waals surface area contributed by atoms with E-state index in [-0.39, 0.29) is 12.1 Å². The smallest absolute Gasteiger partial charge is 0.238 e. The zero-order chi connectivity index (χ0) is 13.8. The highest BCUT2D eigenvalue weighted by molar-refractivity contribution is 7.98. The van der Waals surface area contributed by atoms with Crippen molar-refractivity contribution in [2.45, 2.75) is 43.8 Å². The number of nitrogens with zero attached hydrogens (tertiary/aromatic N) is 1. The van der Waals surface area contributed by atoms with Crippen LogP contribution in [0.3, 0.4) is 0 Å². The van der Waals surface area contributed by atoms with Crippen LogP contribution >= 0.6 is 11.8 Å². The lowest BCUT2D eigenvalue weighted by molar-refractivity contribution is -0.130. The van der Waals surface area contributed by atoms with Crippen LogP contribution in [0.2, 0.25) is 0 Å². The molecule has 0 saturated carbocycles. The normalized spacial score (nSPS) is 19.5. The molecule has 1 N–H and O–H groups in total.